The lowest BCUT2D eigenvalue weighted by atomic mass is 10.2. The predicted molar refractivity (Wildman–Crippen MR) is 90.6 cm³/mol. The van der Waals surface area contributed by atoms with Crippen LogP contribution in [0.25, 0.3) is 0 Å². The third kappa shape index (κ3) is 4.60. The van der Waals surface area contributed by atoms with Crippen LogP contribution in [0.3, 0.4) is 0 Å². The predicted octanol–water partition coefficient (Wildman–Crippen LogP) is 5.01. The summed E-state index contributed by atoms with van der Waals surface area (Å²) in [4.78, 5) is 12.2. The van der Waals surface area contributed by atoms with Gasteiger partial charge in [0.05, 0.1) is 12.2 Å². The van der Waals surface area contributed by atoms with Crippen molar-refractivity contribution in [2.75, 3.05) is 6.61 Å². The van der Waals surface area contributed by atoms with E-state index in [-0.39, 0.29) is 5.97 Å². The first kappa shape index (κ1) is 16.6. The maximum atomic E-state index is 12.2. The van der Waals surface area contributed by atoms with E-state index < -0.39 is 0 Å². The average Bonchev–Trinajstić information content (AvgIpc) is 2.48. The molecule has 0 spiro atoms. The second-order valence-electron chi connectivity index (χ2n) is 5.53. The first-order valence-electron chi connectivity index (χ1n) is 7.17. The van der Waals surface area contributed by atoms with Crippen LogP contribution in [0.5, 0.6) is 11.5 Å². The Labute approximate surface area is 139 Å². The molecule has 4 heteroatoms. The summed E-state index contributed by atoms with van der Waals surface area (Å²) < 4.78 is 12.0. The van der Waals surface area contributed by atoms with Gasteiger partial charge in [0.1, 0.15) is 11.5 Å². The van der Waals surface area contributed by atoms with E-state index in [2.05, 4.69) is 29.8 Å². The molecule has 0 amide bonds. The van der Waals surface area contributed by atoms with Gasteiger partial charge >= 0.3 is 5.97 Å². The van der Waals surface area contributed by atoms with Gasteiger partial charge in [0, 0.05) is 4.47 Å². The first-order valence-corrected chi connectivity index (χ1v) is 7.96. The Balaban J connectivity index is 2.03. The van der Waals surface area contributed by atoms with E-state index in [1.165, 1.54) is 0 Å². The van der Waals surface area contributed by atoms with E-state index in [1.807, 2.05) is 19.1 Å². The lowest BCUT2D eigenvalue weighted by molar-refractivity contribution is 0.0733. The zero-order valence-corrected chi connectivity index (χ0v) is 14.5. The molecule has 0 heterocycles. The van der Waals surface area contributed by atoms with E-state index in [0.29, 0.717) is 23.8 Å². The van der Waals surface area contributed by atoms with Crippen molar-refractivity contribution in [3.8, 4) is 11.5 Å². The van der Waals surface area contributed by atoms with Gasteiger partial charge in [-0.15, -0.1) is 0 Å². The molecule has 0 radical (unpaired) electrons. The molecule has 0 N–H and O–H groups in total. The van der Waals surface area contributed by atoms with Gasteiger partial charge in [0.25, 0.3) is 0 Å². The van der Waals surface area contributed by atoms with Crippen molar-refractivity contribution in [3.05, 3.63) is 58.1 Å². The van der Waals surface area contributed by atoms with Crippen molar-refractivity contribution in [1.82, 2.24) is 0 Å². The number of carbonyl (C=O) groups is 1. The van der Waals surface area contributed by atoms with Gasteiger partial charge < -0.3 is 9.47 Å². The quantitative estimate of drug-likeness (QED) is 0.553. The molecule has 0 aliphatic rings. The summed E-state index contributed by atoms with van der Waals surface area (Å²) in [7, 11) is 0. The van der Waals surface area contributed by atoms with Crippen LogP contribution in [0, 0.1) is 12.8 Å². The van der Waals surface area contributed by atoms with Crippen LogP contribution >= 0.6 is 15.9 Å². The van der Waals surface area contributed by atoms with Crippen LogP contribution in [-0.4, -0.2) is 12.6 Å². The number of benzene rings is 2. The molecule has 0 fully saturated rings. The first-order chi connectivity index (χ1) is 10.5. The number of hydrogen-bond donors (Lipinski definition) is 0. The highest BCUT2D eigenvalue weighted by Crippen LogP contribution is 2.23. The van der Waals surface area contributed by atoms with E-state index in [4.69, 9.17) is 9.47 Å². The molecule has 3 nitrogen and oxygen atoms in total. The Hall–Kier alpha value is -1.81. The van der Waals surface area contributed by atoms with Crippen molar-refractivity contribution in [2.24, 2.45) is 5.92 Å². The number of carbonyl (C=O) groups excluding carboxylic acids is 1. The van der Waals surface area contributed by atoms with E-state index in [0.717, 1.165) is 15.8 Å². The molecule has 0 atom stereocenters. The minimum Gasteiger partial charge on any atom is -0.493 e. The van der Waals surface area contributed by atoms with Gasteiger partial charge in [0.2, 0.25) is 0 Å². The van der Waals surface area contributed by atoms with Gasteiger partial charge in [-0.2, -0.15) is 0 Å². The van der Waals surface area contributed by atoms with E-state index in [1.54, 1.807) is 30.3 Å². The summed E-state index contributed by atoms with van der Waals surface area (Å²) >= 11 is 3.39. The summed E-state index contributed by atoms with van der Waals surface area (Å²) in [6.07, 6.45) is 0. The van der Waals surface area contributed by atoms with Crippen LogP contribution in [0.2, 0.25) is 0 Å². The largest absolute Gasteiger partial charge is 0.493 e. The standard InChI is InChI=1S/C18H19BrO3/c1-12(2)11-21-16-7-4-14(5-8-16)18(20)22-17-9-6-15(19)10-13(17)3/h4-10,12H,11H2,1-3H3. The number of halogens is 1. The topological polar surface area (TPSA) is 35.5 Å². The third-order valence-corrected chi connectivity index (χ3v) is 3.51. The highest BCUT2D eigenvalue weighted by atomic mass is 79.9. The number of hydrogen-bond acceptors (Lipinski definition) is 3. The van der Waals surface area contributed by atoms with E-state index in [9.17, 15) is 4.79 Å². The molecule has 116 valence electrons. The van der Waals surface area contributed by atoms with Crippen molar-refractivity contribution >= 4 is 21.9 Å². The Morgan fingerprint density at radius 2 is 1.82 bits per heavy atom. The van der Waals surface area contributed by atoms with Gasteiger partial charge in [-0.1, -0.05) is 29.8 Å². The Morgan fingerprint density at radius 3 is 2.41 bits per heavy atom. The maximum Gasteiger partial charge on any atom is 0.343 e. The molecule has 0 unspecified atom stereocenters. The second-order valence-corrected chi connectivity index (χ2v) is 6.44. The normalized spacial score (nSPS) is 10.6. The van der Waals surface area contributed by atoms with Crippen molar-refractivity contribution < 1.29 is 14.3 Å². The molecule has 0 bridgehead atoms. The number of esters is 1. The molecule has 0 saturated heterocycles. The minimum atomic E-state index is -0.374. The summed E-state index contributed by atoms with van der Waals surface area (Å²) in [6.45, 7) is 6.73. The Bertz CT molecular complexity index is 648. The van der Waals surface area contributed by atoms with Crippen LogP contribution in [0.4, 0.5) is 0 Å². The smallest absolute Gasteiger partial charge is 0.343 e. The highest BCUT2D eigenvalue weighted by Gasteiger charge is 2.10. The molecule has 0 aliphatic carbocycles. The van der Waals surface area contributed by atoms with Gasteiger partial charge in [-0.25, -0.2) is 4.79 Å². The fourth-order valence-electron chi connectivity index (χ4n) is 1.84. The molecule has 2 rings (SSSR count). The fourth-order valence-corrected chi connectivity index (χ4v) is 2.31. The summed E-state index contributed by atoms with van der Waals surface area (Å²) in [5, 5.41) is 0. The van der Waals surface area contributed by atoms with E-state index >= 15 is 0 Å². The zero-order valence-electron chi connectivity index (χ0n) is 12.9. The molecule has 2 aromatic rings. The summed E-state index contributed by atoms with van der Waals surface area (Å²) in [5.74, 6) is 1.41. The van der Waals surface area contributed by atoms with Crippen molar-refractivity contribution in [2.45, 2.75) is 20.8 Å². The molecule has 2 aromatic carbocycles. The van der Waals surface area contributed by atoms with Crippen molar-refractivity contribution in [1.29, 1.82) is 0 Å². The number of ether oxygens (including phenoxy) is 2. The zero-order chi connectivity index (χ0) is 16.1. The monoisotopic (exact) mass is 362 g/mol. The average molecular weight is 363 g/mol. The summed E-state index contributed by atoms with van der Waals surface area (Å²) in [6, 6.07) is 12.5. The highest BCUT2D eigenvalue weighted by molar-refractivity contribution is 9.10. The SMILES string of the molecule is Cc1cc(Br)ccc1OC(=O)c1ccc(OCC(C)C)cc1. The maximum absolute atomic E-state index is 12.2. The molecular weight excluding hydrogens is 344 g/mol. The lowest BCUT2D eigenvalue weighted by Crippen LogP contribution is -2.09. The minimum absolute atomic E-state index is 0.374. The second kappa shape index (κ2) is 7.45. The molecule has 0 saturated carbocycles. The number of rotatable bonds is 5. The van der Waals surface area contributed by atoms with Gasteiger partial charge in [-0.05, 0) is 60.9 Å². The molecular formula is C18H19BrO3. The van der Waals surface area contributed by atoms with Crippen molar-refractivity contribution in [3.63, 3.8) is 0 Å². The third-order valence-electron chi connectivity index (χ3n) is 3.01. The van der Waals surface area contributed by atoms with Crippen LogP contribution in [-0.2, 0) is 0 Å². The van der Waals surface area contributed by atoms with Gasteiger partial charge in [0.15, 0.2) is 0 Å². The Morgan fingerprint density at radius 1 is 1.14 bits per heavy atom. The van der Waals surface area contributed by atoms with Crippen LogP contribution in [0.15, 0.2) is 46.9 Å². The molecule has 0 aromatic heterocycles. The lowest BCUT2D eigenvalue weighted by Gasteiger charge is -2.10. The van der Waals surface area contributed by atoms with Crippen LogP contribution in [0.1, 0.15) is 29.8 Å². The molecule has 0 aliphatic heterocycles. The fraction of sp³-hybridized carbons (Fsp3) is 0.278. The summed E-state index contributed by atoms with van der Waals surface area (Å²) in [5.41, 5.74) is 1.40. The van der Waals surface area contributed by atoms with Gasteiger partial charge in [-0.3, -0.25) is 0 Å². The van der Waals surface area contributed by atoms with Crippen LogP contribution < -0.4 is 9.47 Å². The Kier molecular flexibility index (Phi) is 5.61. The number of aryl methyl sites for hydroxylation is 1. The molecule has 22 heavy (non-hydrogen) atoms.